The predicted molar refractivity (Wildman–Crippen MR) is 47.2 cm³/mol. The Kier molecular flexibility index (Phi) is 6.52. The van der Waals surface area contributed by atoms with Crippen molar-refractivity contribution in [1.29, 1.82) is 0 Å². The van der Waals surface area contributed by atoms with E-state index in [0.29, 0.717) is 0 Å². The third-order valence-electron chi connectivity index (χ3n) is 1.37. The molecule has 7 nitrogen and oxygen atoms in total. The van der Waals surface area contributed by atoms with Crippen molar-refractivity contribution in [1.82, 2.24) is 5.09 Å². The Morgan fingerprint density at radius 3 is 2.29 bits per heavy atom. The van der Waals surface area contributed by atoms with Gasteiger partial charge in [-0.2, -0.15) is 0 Å². The van der Waals surface area contributed by atoms with E-state index in [1.165, 1.54) is 0 Å². The quantitative estimate of drug-likeness (QED) is 0.321. The molecule has 0 saturated carbocycles. The van der Waals surface area contributed by atoms with Gasteiger partial charge in [-0.15, -0.1) is 0 Å². The summed E-state index contributed by atoms with van der Waals surface area (Å²) >= 11 is 0. The summed E-state index contributed by atoms with van der Waals surface area (Å²) in [6.07, 6.45) is -1.41. The first-order valence-electron chi connectivity index (χ1n) is 3.84. The number of hydrogen-bond donors (Lipinski definition) is 5. The summed E-state index contributed by atoms with van der Waals surface area (Å²) in [5, 5.41) is 36.4. The average Bonchev–Trinajstić information content (AvgIpc) is 2.13. The molecule has 0 radical (unpaired) electrons. The van der Waals surface area contributed by atoms with Gasteiger partial charge in [-0.05, 0) is 0 Å². The molecule has 0 bridgehead atoms. The number of hydrogen-bond acceptors (Lipinski definition) is 5. The van der Waals surface area contributed by atoms with Crippen LogP contribution in [0.15, 0.2) is 0 Å². The zero-order chi connectivity index (χ0) is 11.1. The highest BCUT2D eigenvalue weighted by Gasteiger charge is 2.29. The van der Waals surface area contributed by atoms with E-state index in [-0.39, 0.29) is 6.16 Å². The third kappa shape index (κ3) is 5.21. The molecule has 14 heavy (non-hydrogen) atoms. The number of rotatable bonds is 7. The molecule has 0 aromatic heterocycles. The highest BCUT2D eigenvalue weighted by Crippen LogP contribution is 2.16. The maximum absolute atomic E-state index is 11.1. The first-order chi connectivity index (χ1) is 6.51. The Morgan fingerprint density at radius 1 is 1.36 bits per heavy atom. The van der Waals surface area contributed by atoms with E-state index in [1.54, 1.807) is 0 Å². The molecule has 0 amide bonds. The molecule has 0 spiro atoms. The molecule has 0 fully saturated rings. The van der Waals surface area contributed by atoms with Crippen LogP contribution in [0.25, 0.3) is 0 Å². The van der Waals surface area contributed by atoms with Gasteiger partial charge in [0.15, 0.2) is 12.2 Å². The molecule has 0 heterocycles. The van der Waals surface area contributed by atoms with Gasteiger partial charge in [0.25, 0.3) is 0 Å². The highest BCUT2D eigenvalue weighted by molar-refractivity contribution is 7.42. The molecule has 0 aromatic rings. The smallest absolute Gasteiger partial charge is 0.435 e. The average molecular weight is 226 g/mol. The Morgan fingerprint density at radius 2 is 1.93 bits per heavy atom. The van der Waals surface area contributed by atoms with Gasteiger partial charge in [0.2, 0.25) is 0 Å². The fourth-order valence-corrected chi connectivity index (χ4v) is 1.79. The van der Waals surface area contributed by atoms with Gasteiger partial charge in [-0.25, -0.2) is 0 Å². The molecular formula is C6H13NO6P+. The van der Waals surface area contributed by atoms with Crippen LogP contribution in [-0.2, 0) is 9.36 Å². The molecule has 0 aromatic carbocycles. The van der Waals surface area contributed by atoms with Crippen molar-refractivity contribution < 1.29 is 29.8 Å². The lowest BCUT2D eigenvalue weighted by atomic mass is 10.3. The number of carboxylic acid groups (broad SMARTS) is 1. The highest BCUT2D eigenvalue weighted by atomic mass is 31.1. The Labute approximate surface area is 81.2 Å². The molecule has 8 heteroatoms. The number of aliphatic hydroxyl groups excluding tert-OH is 3. The van der Waals surface area contributed by atoms with Crippen molar-refractivity contribution in [2.24, 2.45) is 0 Å². The molecule has 0 aliphatic rings. The van der Waals surface area contributed by atoms with Gasteiger partial charge in [-0.1, -0.05) is 9.65 Å². The van der Waals surface area contributed by atoms with E-state index in [0.717, 1.165) is 0 Å². The fourth-order valence-electron chi connectivity index (χ4n) is 0.650. The summed E-state index contributed by atoms with van der Waals surface area (Å²) in [6.45, 7) is -1.23. The van der Waals surface area contributed by atoms with Crippen molar-refractivity contribution in [3.8, 4) is 0 Å². The van der Waals surface area contributed by atoms with E-state index >= 15 is 0 Å². The standard InChI is InChI=1S/C6H12NO6P/c8-1-4(10)3-14(13)7-5(2-9)6(11)12/h4-5,8-10H,1-3H2,(H-,7,11,12,13)/p+1. The van der Waals surface area contributed by atoms with Crippen molar-refractivity contribution >= 4 is 13.9 Å². The minimum atomic E-state index is -2.15. The lowest BCUT2D eigenvalue weighted by molar-refractivity contribution is -0.139. The Balaban J connectivity index is 3.97. The van der Waals surface area contributed by atoms with Crippen LogP contribution >= 0.6 is 7.95 Å². The monoisotopic (exact) mass is 226 g/mol. The van der Waals surface area contributed by atoms with E-state index in [4.69, 9.17) is 20.4 Å². The van der Waals surface area contributed by atoms with E-state index in [2.05, 4.69) is 5.09 Å². The molecular weight excluding hydrogens is 213 g/mol. The second-order valence-electron chi connectivity index (χ2n) is 2.60. The molecule has 5 N–H and O–H groups in total. The minimum absolute atomic E-state index is 0.254. The summed E-state index contributed by atoms with van der Waals surface area (Å²) in [4.78, 5) is 10.4. The second-order valence-corrected chi connectivity index (χ2v) is 3.98. The third-order valence-corrected chi connectivity index (χ3v) is 2.72. The van der Waals surface area contributed by atoms with Crippen LogP contribution in [0.1, 0.15) is 0 Å². The maximum Gasteiger partial charge on any atom is 0.435 e. The first kappa shape index (κ1) is 13.4. The summed E-state index contributed by atoms with van der Waals surface area (Å²) in [6, 6.07) is -1.32. The van der Waals surface area contributed by atoms with Crippen LogP contribution in [0.3, 0.4) is 0 Å². The minimum Gasteiger partial charge on any atom is -0.480 e. The number of aliphatic hydroxyl groups is 3. The van der Waals surface area contributed by atoms with Gasteiger partial charge >= 0.3 is 13.9 Å². The van der Waals surface area contributed by atoms with Gasteiger partial charge in [0.05, 0.1) is 13.2 Å². The molecule has 82 valence electrons. The van der Waals surface area contributed by atoms with Crippen LogP contribution in [0.4, 0.5) is 0 Å². The molecule has 0 saturated heterocycles. The van der Waals surface area contributed by atoms with Gasteiger partial charge < -0.3 is 20.4 Å². The molecule has 3 atom stereocenters. The van der Waals surface area contributed by atoms with E-state index in [1.807, 2.05) is 0 Å². The topological polar surface area (TPSA) is 127 Å². The van der Waals surface area contributed by atoms with E-state index in [9.17, 15) is 9.36 Å². The zero-order valence-corrected chi connectivity index (χ0v) is 8.22. The fraction of sp³-hybridized carbons (Fsp3) is 0.833. The van der Waals surface area contributed by atoms with Gasteiger partial charge in [0, 0.05) is 0 Å². The Hall–Kier alpha value is -0.590. The number of aliphatic carboxylic acids is 1. The molecule has 3 unspecified atom stereocenters. The summed E-state index contributed by atoms with van der Waals surface area (Å²) in [7, 11) is -2.15. The molecule has 0 aliphatic carbocycles. The number of carbonyl (C=O) groups is 1. The van der Waals surface area contributed by atoms with Crippen molar-refractivity contribution in [3.63, 3.8) is 0 Å². The summed E-state index contributed by atoms with van der Waals surface area (Å²) < 4.78 is 11.1. The van der Waals surface area contributed by atoms with Crippen molar-refractivity contribution in [3.05, 3.63) is 0 Å². The largest absolute Gasteiger partial charge is 0.480 e. The predicted octanol–water partition coefficient (Wildman–Crippen LogP) is -1.88. The van der Waals surface area contributed by atoms with Crippen LogP contribution in [0.2, 0.25) is 0 Å². The lowest BCUT2D eigenvalue weighted by Gasteiger charge is -2.04. The van der Waals surface area contributed by atoms with Crippen LogP contribution < -0.4 is 5.09 Å². The normalized spacial score (nSPS) is 16.1. The van der Waals surface area contributed by atoms with E-state index < -0.39 is 39.3 Å². The maximum atomic E-state index is 11.1. The Bertz CT molecular complexity index is 210. The summed E-state index contributed by atoms with van der Waals surface area (Å²) in [5.74, 6) is -1.32. The van der Waals surface area contributed by atoms with Crippen LogP contribution in [-0.4, -0.2) is 57.9 Å². The van der Waals surface area contributed by atoms with Crippen LogP contribution in [0.5, 0.6) is 0 Å². The van der Waals surface area contributed by atoms with Gasteiger partial charge in [-0.3, -0.25) is 4.79 Å². The number of carboxylic acids is 1. The number of nitrogens with one attached hydrogen (secondary N) is 1. The van der Waals surface area contributed by atoms with Gasteiger partial charge in [0.1, 0.15) is 6.10 Å². The molecule has 0 rings (SSSR count). The SMILES string of the molecule is O=C(O)C(CO)N[P+](=O)CC(O)CO. The van der Waals surface area contributed by atoms with Crippen molar-refractivity contribution in [2.45, 2.75) is 12.1 Å². The van der Waals surface area contributed by atoms with Crippen LogP contribution in [0, 0.1) is 0 Å². The molecule has 0 aliphatic heterocycles. The van der Waals surface area contributed by atoms with Crippen molar-refractivity contribution in [2.75, 3.05) is 19.4 Å². The first-order valence-corrected chi connectivity index (χ1v) is 5.29. The lowest BCUT2D eigenvalue weighted by Crippen LogP contribution is -2.36. The zero-order valence-electron chi connectivity index (χ0n) is 7.33. The second kappa shape index (κ2) is 6.80. The summed E-state index contributed by atoms with van der Waals surface area (Å²) in [5.41, 5.74) is 0.